The van der Waals surface area contributed by atoms with Crippen molar-refractivity contribution in [1.82, 2.24) is 9.55 Å². The van der Waals surface area contributed by atoms with Gasteiger partial charge in [0.2, 0.25) is 0 Å². The number of ether oxygens (including phenoxy) is 1. The van der Waals surface area contributed by atoms with Crippen molar-refractivity contribution in [2.45, 2.75) is 6.42 Å². The van der Waals surface area contributed by atoms with Crippen molar-refractivity contribution in [2.75, 3.05) is 13.7 Å². The summed E-state index contributed by atoms with van der Waals surface area (Å²) in [4.78, 5) is 15.1. The van der Waals surface area contributed by atoms with Gasteiger partial charge in [0.05, 0.1) is 19.9 Å². The maximum Gasteiger partial charge on any atom is 0.356 e. The molecule has 0 aliphatic heterocycles. The summed E-state index contributed by atoms with van der Waals surface area (Å²) in [5.41, 5.74) is 0.394. The first-order valence-corrected chi connectivity index (χ1v) is 3.90. The van der Waals surface area contributed by atoms with Gasteiger partial charge in [-0.1, -0.05) is 0 Å². The number of rotatable bonds is 3. The molecule has 0 unspecified atom stereocenters. The zero-order valence-corrected chi connectivity index (χ0v) is 7.65. The van der Waals surface area contributed by atoms with Gasteiger partial charge < -0.3 is 14.4 Å². The molecular formula is C8H12N2O3. The largest absolute Gasteiger partial charge is 0.464 e. The van der Waals surface area contributed by atoms with Gasteiger partial charge in [-0.05, 0) is 0 Å². The lowest BCUT2D eigenvalue weighted by Gasteiger charge is -2.02. The molecule has 0 aliphatic rings. The van der Waals surface area contributed by atoms with Gasteiger partial charge >= 0.3 is 5.97 Å². The highest BCUT2D eigenvalue weighted by molar-refractivity contribution is 5.87. The number of carbonyl (C=O) groups is 1. The number of esters is 1. The molecule has 0 radical (unpaired) electrons. The smallest absolute Gasteiger partial charge is 0.356 e. The molecule has 0 amide bonds. The molecule has 1 aromatic heterocycles. The molecule has 0 aliphatic carbocycles. The maximum atomic E-state index is 11.1. The summed E-state index contributed by atoms with van der Waals surface area (Å²) in [6, 6.07) is 0. The first-order chi connectivity index (χ1) is 6.20. The zero-order valence-electron chi connectivity index (χ0n) is 7.65. The molecule has 0 saturated heterocycles. The lowest BCUT2D eigenvalue weighted by molar-refractivity contribution is 0.0589. The number of aromatic nitrogens is 2. The monoisotopic (exact) mass is 184 g/mol. The Labute approximate surface area is 76.0 Å². The molecule has 1 aromatic rings. The minimum Gasteiger partial charge on any atom is -0.464 e. The fourth-order valence-electron chi connectivity index (χ4n) is 1.07. The highest BCUT2D eigenvalue weighted by Gasteiger charge is 2.13. The van der Waals surface area contributed by atoms with Gasteiger partial charge in [-0.2, -0.15) is 0 Å². The summed E-state index contributed by atoms with van der Waals surface area (Å²) in [6.07, 6.45) is 1.88. The fraction of sp³-hybridized carbons (Fsp3) is 0.500. The Balaban J connectivity index is 2.92. The van der Waals surface area contributed by atoms with Crippen LogP contribution in [0.2, 0.25) is 0 Å². The van der Waals surface area contributed by atoms with Gasteiger partial charge in [0.15, 0.2) is 0 Å². The molecule has 0 fully saturated rings. The van der Waals surface area contributed by atoms with Gasteiger partial charge in [0.1, 0.15) is 11.5 Å². The first kappa shape index (κ1) is 9.73. The van der Waals surface area contributed by atoms with Crippen LogP contribution in [-0.4, -0.2) is 34.3 Å². The van der Waals surface area contributed by atoms with Crippen LogP contribution in [0.1, 0.15) is 16.3 Å². The SMILES string of the molecule is COC(=O)c1cnc(CCO)n1C. The van der Waals surface area contributed by atoms with E-state index in [4.69, 9.17) is 5.11 Å². The van der Waals surface area contributed by atoms with Crippen molar-refractivity contribution >= 4 is 5.97 Å². The second-order valence-electron chi connectivity index (χ2n) is 2.58. The van der Waals surface area contributed by atoms with Crippen LogP contribution in [0.4, 0.5) is 0 Å². The number of hydrogen-bond donors (Lipinski definition) is 1. The van der Waals surface area contributed by atoms with Crippen molar-refractivity contribution in [2.24, 2.45) is 7.05 Å². The highest BCUT2D eigenvalue weighted by Crippen LogP contribution is 2.04. The number of carbonyl (C=O) groups excluding carboxylic acids is 1. The van der Waals surface area contributed by atoms with E-state index in [0.717, 1.165) is 0 Å². The molecule has 0 spiro atoms. The van der Waals surface area contributed by atoms with Gasteiger partial charge in [-0.3, -0.25) is 0 Å². The summed E-state index contributed by atoms with van der Waals surface area (Å²) in [6.45, 7) is 0.0193. The molecule has 5 heteroatoms. The number of hydrogen-bond acceptors (Lipinski definition) is 4. The summed E-state index contributed by atoms with van der Waals surface area (Å²) in [5.74, 6) is 0.252. The van der Waals surface area contributed by atoms with Crippen LogP contribution in [0.25, 0.3) is 0 Å². The van der Waals surface area contributed by atoms with Gasteiger partial charge in [-0.15, -0.1) is 0 Å². The molecule has 0 aromatic carbocycles. The van der Waals surface area contributed by atoms with E-state index in [9.17, 15) is 4.79 Å². The number of imidazole rings is 1. The van der Waals surface area contributed by atoms with E-state index in [2.05, 4.69) is 9.72 Å². The molecule has 0 bridgehead atoms. The molecule has 72 valence electrons. The van der Waals surface area contributed by atoms with Crippen LogP contribution in [0, 0.1) is 0 Å². The van der Waals surface area contributed by atoms with Crippen molar-refractivity contribution < 1.29 is 14.6 Å². The van der Waals surface area contributed by atoms with Crippen LogP contribution >= 0.6 is 0 Å². The van der Waals surface area contributed by atoms with E-state index in [1.807, 2.05) is 0 Å². The van der Waals surface area contributed by atoms with E-state index in [0.29, 0.717) is 17.9 Å². The second-order valence-corrected chi connectivity index (χ2v) is 2.58. The Morgan fingerprint density at radius 1 is 1.77 bits per heavy atom. The first-order valence-electron chi connectivity index (χ1n) is 3.90. The van der Waals surface area contributed by atoms with E-state index in [-0.39, 0.29) is 6.61 Å². The average molecular weight is 184 g/mol. The maximum absolute atomic E-state index is 11.1. The van der Waals surface area contributed by atoms with E-state index in [1.165, 1.54) is 13.3 Å². The summed E-state index contributed by atoms with van der Waals surface area (Å²) >= 11 is 0. The summed E-state index contributed by atoms with van der Waals surface area (Å²) in [7, 11) is 3.03. The third-order valence-corrected chi connectivity index (χ3v) is 1.81. The zero-order chi connectivity index (χ0) is 9.84. The van der Waals surface area contributed by atoms with Crippen LogP contribution in [0.5, 0.6) is 0 Å². The summed E-state index contributed by atoms with van der Waals surface area (Å²) in [5, 5.41) is 8.68. The van der Waals surface area contributed by atoms with Crippen molar-refractivity contribution in [3.05, 3.63) is 17.7 Å². The normalized spacial score (nSPS) is 10.1. The molecule has 0 atom stereocenters. The third-order valence-electron chi connectivity index (χ3n) is 1.81. The van der Waals surface area contributed by atoms with Gasteiger partial charge in [0.25, 0.3) is 0 Å². The van der Waals surface area contributed by atoms with Gasteiger partial charge in [-0.25, -0.2) is 9.78 Å². The predicted molar refractivity (Wildman–Crippen MR) is 45.3 cm³/mol. The predicted octanol–water partition coefficient (Wildman–Crippen LogP) is -0.259. The van der Waals surface area contributed by atoms with Crippen molar-refractivity contribution in [3.63, 3.8) is 0 Å². The second kappa shape index (κ2) is 4.04. The fourth-order valence-corrected chi connectivity index (χ4v) is 1.07. The Bertz CT molecular complexity index is 306. The Hall–Kier alpha value is -1.36. The summed E-state index contributed by atoms with van der Waals surface area (Å²) < 4.78 is 6.16. The van der Waals surface area contributed by atoms with E-state index < -0.39 is 5.97 Å². The lowest BCUT2D eigenvalue weighted by atomic mass is 10.4. The number of nitrogens with zero attached hydrogens (tertiary/aromatic N) is 2. The Morgan fingerprint density at radius 2 is 2.46 bits per heavy atom. The minimum atomic E-state index is -0.417. The highest BCUT2D eigenvalue weighted by atomic mass is 16.5. The molecule has 1 rings (SSSR count). The quantitative estimate of drug-likeness (QED) is 0.657. The topological polar surface area (TPSA) is 64.3 Å². The lowest BCUT2D eigenvalue weighted by Crippen LogP contribution is -2.10. The average Bonchev–Trinajstić information content (AvgIpc) is 2.48. The van der Waals surface area contributed by atoms with Crippen LogP contribution in [-0.2, 0) is 18.2 Å². The van der Waals surface area contributed by atoms with E-state index in [1.54, 1.807) is 11.6 Å². The third kappa shape index (κ3) is 1.86. The number of methoxy groups -OCH3 is 1. The molecule has 1 N–H and O–H groups in total. The minimum absolute atomic E-state index is 0.0193. The van der Waals surface area contributed by atoms with Crippen LogP contribution in [0.3, 0.4) is 0 Å². The molecule has 5 nitrogen and oxygen atoms in total. The Kier molecular flexibility index (Phi) is 3.02. The number of aliphatic hydroxyl groups excluding tert-OH is 1. The Morgan fingerprint density at radius 3 is 3.00 bits per heavy atom. The molecule has 1 heterocycles. The standard InChI is InChI=1S/C8H12N2O3/c1-10-6(8(12)13-2)5-9-7(10)3-4-11/h5,11H,3-4H2,1-2H3. The van der Waals surface area contributed by atoms with Crippen molar-refractivity contribution in [1.29, 1.82) is 0 Å². The molecule has 13 heavy (non-hydrogen) atoms. The van der Waals surface area contributed by atoms with Gasteiger partial charge in [0, 0.05) is 13.5 Å². The molecular weight excluding hydrogens is 172 g/mol. The van der Waals surface area contributed by atoms with Crippen LogP contribution < -0.4 is 0 Å². The number of aliphatic hydroxyl groups is 1. The van der Waals surface area contributed by atoms with E-state index >= 15 is 0 Å². The van der Waals surface area contributed by atoms with Crippen molar-refractivity contribution in [3.8, 4) is 0 Å². The molecule has 0 saturated carbocycles. The van der Waals surface area contributed by atoms with Crippen LogP contribution in [0.15, 0.2) is 6.20 Å².